The molecule has 0 aliphatic rings. The highest BCUT2D eigenvalue weighted by atomic mass is 35.5. The molecule has 0 saturated heterocycles. The summed E-state index contributed by atoms with van der Waals surface area (Å²) in [6.07, 6.45) is 2.40. The second kappa shape index (κ2) is 5.89. The first-order valence-corrected chi connectivity index (χ1v) is 6.44. The Kier molecular flexibility index (Phi) is 4.22. The van der Waals surface area contributed by atoms with Crippen LogP contribution in [0.25, 0.3) is 11.3 Å². The maximum absolute atomic E-state index is 6.05. The number of hydrogen-bond acceptors (Lipinski definition) is 4. The molecule has 0 amide bonds. The molecule has 100 valence electrons. The lowest BCUT2D eigenvalue weighted by molar-refractivity contribution is 0.415. The third kappa shape index (κ3) is 2.63. The van der Waals surface area contributed by atoms with Crippen LogP contribution in [0.1, 0.15) is 12.5 Å². The summed E-state index contributed by atoms with van der Waals surface area (Å²) in [5.41, 5.74) is 2.95. The summed E-state index contributed by atoms with van der Waals surface area (Å²) in [6, 6.07) is 5.64. The smallest absolute Gasteiger partial charge is 0.138 e. The monoisotopic (exact) mass is 277 g/mol. The van der Waals surface area contributed by atoms with E-state index in [9.17, 15) is 0 Å². The zero-order valence-corrected chi connectivity index (χ0v) is 12.0. The number of anilines is 1. The highest BCUT2D eigenvalue weighted by Crippen LogP contribution is 2.32. The van der Waals surface area contributed by atoms with Gasteiger partial charge in [0.25, 0.3) is 0 Å². The average molecular weight is 278 g/mol. The fourth-order valence-corrected chi connectivity index (χ4v) is 2.21. The molecular weight excluding hydrogens is 262 g/mol. The number of benzene rings is 1. The van der Waals surface area contributed by atoms with E-state index in [2.05, 4.69) is 22.2 Å². The van der Waals surface area contributed by atoms with Gasteiger partial charge in [-0.25, -0.2) is 9.97 Å². The predicted octanol–water partition coefficient (Wildman–Crippen LogP) is 3.41. The van der Waals surface area contributed by atoms with Crippen LogP contribution >= 0.6 is 11.6 Å². The lowest BCUT2D eigenvalue weighted by Gasteiger charge is -2.12. The van der Waals surface area contributed by atoms with Crippen LogP contribution < -0.4 is 10.1 Å². The van der Waals surface area contributed by atoms with Crippen LogP contribution in [0.4, 0.5) is 5.82 Å². The molecule has 0 aliphatic carbocycles. The first-order chi connectivity index (χ1) is 9.21. The van der Waals surface area contributed by atoms with Crippen LogP contribution in [-0.2, 0) is 6.42 Å². The van der Waals surface area contributed by atoms with Gasteiger partial charge in [-0.1, -0.05) is 24.6 Å². The van der Waals surface area contributed by atoms with Crippen LogP contribution in [0.5, 0.6) is 5.75 Å². The minimum atomic E-state index is 0.590. The van der Waals surface area contributed by atoms with Crippen molar-refractivity contribution in [3.8, 4) is 17.0 Å². The fourth-order valence-electron chi connectivity index (χ4n) is 2.02. The lowest BCUT2D eigenvalue weighted by atomic mass is 10.0. The van der Waals surface area contributed by atoms with Gasteiger partial charge in [0.05, 0.1) is 17.8 Å². The minimum absolute atomic E-state index is 0.590. The van der Waals surface area contributed by atoms with Crippen molar-refractivity contribution in [1.29, 1.82) is 0 Å². The van der Waals surface area contributed by atoms with Gasteiger partial charge in [0.1, 0.15) is 17.9 Å². The highest BCUT2D eigenvalue weighted by Gasteiger charge is 2.12. The molecule has 1 heterocycles. The Morgan fingerprint density at radius 1 is 1.32 bits per heavy atom. The van der Waals surface area contributed by atoms with Crippen LogP contribution in [0.15, 0.2) is 24.5 Å². The summed E-state index contributed by atoms with van der Waals surface area (Å²) < 4.78 is 5.25. The number of ether oxygens (including phenoxy) is 1. The molecule has 1 N–H and O–H groups in total. The van der Waals surface area contributed by atoms with Gasteiger partial charge < -0.3 is 10.1 Å². The van der Waals surface area contributed by atoms with E-state index in [4.69, 9.17) is 16.3 Å². The molecule has 1 aromatic carbocycles. The van der Waals surface area contributed by atoms with Crippen molar-refractivity contribution >= 4 is 17.4 Å². The van der Waals surface area contributed by atoms with Gasteiger partial charge in [-0.2, -0.15) is 0 Å². The Bertz CT molecular complexity index is 587. The molecule has 0 aliphatic heterocycles. The molecule has 2 rings (SSSR count). The van der Waals surface area contributed by atoms with E-state index in [-0.39, 0.29) is 0 Å². The molecule has 0 bridgehead atoms. The SMILES string of the molecule is CCc1c(NC)ncnc1-c1ccc(Cl)c(OC)c1. The maximum Gasteiger partial charge on any atom is 0.138 e. The number of rotatable bonds is 4. The highest BCUT2D eigenvalue weighted by molar-refractivity contribution is 6.32. The number of methoxy groups -OCH3 is 1. The summed E-state index contributed by atoms with van der Waals surface area (Å²) in [5.74, 6) is 1.49. The Balaban J connectivity index is 2.58. The van der Waals surface area contributed by atoms with E-state index in [0.717, 1.165) is 29.1 Å². The number of aromatic nitrogens is 2. The fraction of sp³-hybridized carbons (Fsp3) is 0.286. The van der Waals surface area contributed by atoms with Crippen LogP contribution in [0, 0.1) is 0 Å². The lowest BCUT2D eigenvalue weighted by Crippen LogP contribution is -2.02. The molecule has 4 nitrogen and oxygen atoms in total. The van der Waals surface area contributed by atoms with Gasteiger partial charge in [-0.3, -0.25) is 0 Å². The van der Waals surface area contributed by atoms with E-state index >= 15 is 0 Å². The Morgan fingerprint density at radius 3 is 2.74 bits per heavy atom. The van der Waals surface area contributed by atoms with Crippen molar-refractivity contribution in [3.05, 3.63) is 35.1 Å². The van der Waals surface area contributed by atoms with Gasteiger partial charge in [0, 0.05) is 18.2 Å². The van der Waals surface area contributed by atoms with Gasteiger partial charge in [-0.15, -0.1) is 0 Å². The average Bonchev–Trinajstić information content (AvgIpc) is 2.46. The molecule has 0 atom stereocenters. The van der Waals surface area contributed by atoms with Crippen molar-refractivity contribution in [3.63, 3.8) is 0 Å². The second-order valence-electron chi connectivity index (χ2n) is 4.00. The maximum atomic E-state index is 6.05. The molecule has 0 radical (unpaired) electrons. The topological polar surface area (TPSA) is 47.0 Å². The zero-order chi connectivity index (χ0) is 13.8. The Hall–Kier alpha value is -1.81. The first-order valence-electron chi connectivity index (χ1n) is 6.06. The molecule has 0 unspecified atom stereocenters. The largest absolute Gasteiger partial charge is 0.495 e. The normalized spacial score (nSPS) is 10.3. The van der Waals surface area contributed by atoms with Gasteiger partial charge in [-0.05, 0) is 18.6 Å². The summed E-state index contributed by atoms with van der Waals surface area (Å²) >= 11 is 6.05. The van der Waals surface area contributed by atoms with E-state index in [0.29, 0.717) is 10.8 Å². The van der Waals surface area contributed by atoms with E-state index < -0.39 is 0 Å². The minimum Gasteiger partial charge on any atom is -0.495 e. The Labute approximate surface area is 117 Å². The van der Waals surface area contributed by atoms with Crippen LogP contribution in [0.3, 0.4) is 0 Å². The number of nitrogens with one attached hydrogen (secondary N) is 1. The molecule has 0 fully saturated rings. The second-order valence-corrected chi connectivity index (χ2v) is 4.41. The quantitative estimate of drug-likeness (QED) is 0.930. The molecule has 0 spiro atoms. The third-order valence-electron chi connectivity index (χ3n) is 2.96. The summed E-state index contributed by atoms with van der Waals surface area (Å²) in [5, 5.41) is 3.68. The summed E-state index contributed by atoms with van der Waals surface area (Å²) in [6.45, 7) is 2.08. The Morgan fingerprint density at radius 2 is 2.11 bits per heavy atom. The molecule has 1 aromatic heterocycles. The van der Waals surface area contributed by atoms with Crippen molar-refractivity contribution in [2.24, 2.45) is 0 Å². The molecule has 0 saturated carbocycles. The van der Waals surface area contributed by atoms with E-state index in [1.54, 1.807) is 13.4 Å². The van der Waals surface area contributed by atoms with Gasteiger partial charge in [0.15, 0.2) is 0 Å². The van der Waals surface area contributed by atoms with Crippen molar-refractivity contribution in [2.75, 3.05) is 19.5 Å². The van der Waals surface area contributed by atoms with E-state index in [1.807, 2.05) is 25.2 Å². The van der Waals surface area contributed by atoms with E-state index in [1.165, 1.54) is 0 Å². The van der Waals surface area contributed by atoms with Crippen molar-refractivity contribution in [1.82, 2.24) is 9.97 Å². The molecule has 5 heteroatoms. The van der Waals surface area contributed by atoms with Gasteiger partial charge >= 0.3 is 0 Å². The molecular formula is C14H16ClN3O. The predicted molar refractivity (Wildman–Crippen MR) is 78.0 cm³/mol. The van der Waals surface area contributed by atoms with Crippen LogP contribution in [-0.4, -0.2) is 24.1 Å². The standard InChI is InChI=1S/C14H16ClN3O/c1-4-10-13(17-8-18-14(10)16-2)9-5-6-11(15)12(7-9)19-3/h5-8H,4H2,1-3H3,(H,16,17,18). The van der Waals surface area contributed by atoms with Gasteiger partial charge in [0.2, 0.25) is 0 Å². The number of hydrogen-bond donors (Lipinski definition) is 1. The summed E-state index contributed by atoms with van der Waals surface area (Å²) in [7, 11) is 3.46. The summed E-state index contributed by atoms with van der Waals surface area (Å²) in [4.78, 5) is 8.62. The zero-order valence-electron chi connectivity index (χ0n) is 11.2. The molecule has 19 heavy (non-hydrogen) atoms. The first kappa shape index (κ1) is 13.6. The van der Waals surface area contributed by atoms with Crippen molar-refractivity contribution in [2.45, 2.75) is 13.3 Å². The number of nitrogens with zero attached hydrogens (tertiary/aromatic N) is 2. The van der Waals surface area contributed by atoms with Crippen molar-refractivity contribution < 1.29 is 4.74 Å². The number of halogens is 1. The van der Waals surface area contributed by atoms with Crippen LogP contribution in [0.2, 0.25) is 5.02 Å². The molecule has 2 aromatic rings. The third-order valence-corrected chi connectivity index (χ3v) is 3.27.